The number of benzene rings is 3. The van der Waals surface area contributed by atoms with Crippen LogP contribution in [0, 0.1) is 0 Å². The summed E-state index contributed by atoms with van der Waals surface area (Å²) < 4.78 is 0. The summed E-state index contributed by atoms with van der Waals surface area (Å²) in [6.07, 6.45) is 1.05. The van der Waals surface area contributed by atoms with Crippen LogP contribution in [0.2, 0.25) is 0 Å². The zero-order chi connectivity index (χ0) is 24.7. The van der Waals surface area contributed by atoms with Crippen molar-refractivity contribution in [2.75, 3.05) is 16.5 Å². The van der Waals surface area contributed by atoms with Crippen molar-refractivity contribution in [1.29, 1.82) is 0 Å². The van der Waals surface area contributed by atoms with Crippen LogP contribution in [0.3, 0.4) is 0 Å². The highest BCUT2D eigenvalue weighted by atomic mass is 32.2. The van der Waals surface area contributed by atoms with Crippen molar-refractivity contribution in [3.05, 3.63) is 65.2 Å². The Morgan fingerprint density at radius 1 is 0.853 bits per heavy atom. The minimum Gasteiger partial charge on any atom is -0.507 e. The number of fused-ring (bicyclic) bond motifs is 2. The minimum absolute atomic E-state index is 0.120. The third-order valence-electron chi connectivity index (χ3n) is 6.14. The molecule has 0 unspecified atom stereocenters. The number of phenols is 1. The topological polar surface area (TPSA) is 44.3 Å². The van der Waals surface area contributed by atoms with E-state index < -0.39 is 0 Å². The molecule has 0 atom stereocenters. The predicted octanol–water partition coefficient (Wildman–Crippen LogP) is 8.92. The van der Waals surface area contributed by atoms with Gasteiger partial charge in [-0.3, -0.25) is 0 Å². The van der Waals surface area contributed by atoms with Gasteiger partial charge in [-0.05, 0) is 65.3 Å². The summed E-state index contributed by atoms with van der Waals surface area (Å²) in [5, 5.41) is 18.1. The normalized spacial score (nSPS) is 13.1. The van der Waals surface area contributed by atoms with Gasteiger partial charge in [0.1, 0.15) is 5.75 Å². The maximum absolute atomic E-state index is 11.0. The Hall–Kier alpha value is -2.24. The van der Waals surface area contributed by atoms with Gasteiger partial charge in [0.15, 0.2) is 0 Å². The molecule has 0 fully saturated rings. The van der Waals surface area contributed by atoms with Crippen LogP contribution in [0.4, 0.5) is 17.1 Å². The molecule has 0 saturated heterocycles. The minimum atomic E-state index is -0.120. The first-order chi connectivity index (χ1) is 16.0. The molecule has 0 bridgehead atoms. The van der Waals surface area contributed by atoms with Gasteiger partial charge in [-0.2, -0.15) is 0 Å². The van der Waals surface area contributed by atoms with E-state index in [2.05, 4.69) is 108 Å². The summed E-state index contributed by atoms with van der Waals surface area (Å²) in [6.45, 7) is 15.1. The second-order valence-corrected chi connectivity index (χ2v) is 13.1. The van der Waals surface area contributed by atoms with Crippen LogP contribution >= 0.6 is 23.5 Å². The van der Waals surface area contributed by atoms with E-state index in [1.807, 2.05) is 11.8 Å². The molecule has 0 spiro atoms. The lowest BCUT2D eigenvalue weighted by Gasteiger charge is -2.28. The van der Waals surface area contributed by atoms with Gasteiger partial charge in [-0.1, -0.05) is 66.3 Å². The molecule has 4 rings (SSSR count). The maximum Gasteiger partial charge on any atom is 0.123 e. The summed E-state index contributed by atoms with van der Waals surface area (Å²) in [5.74, 6) is 1.19. The average molecular weight is 493 g/mol. The van der Waals surface area contributed by atoms with Gasteiger partial charge in [0.25, 0.3) is 0 Å². The standard InChI is InChI=1S/C29H36N2OS2/c1-8-18-9-11-23-25(13-18)34-26-14-19(10-12-24(26)31-23)30-17-33-20-15-21(28(2,3)4)27(32)22(16-20)29(5,6)7/h9-16,30-32H,8,17H2,1-7H3. The van der Waals surface area contributed by atoms with E-state index in [1.54, 1.807) is 11.8 Å². The van der Waals surface area contributed by atoms with Crippen LogP contribution in [0.5, 0.6) is 5.75 Å². The van der Waals surface area contributed by atoms with Crippen LogP contribution < -0.4 is 10.6 Å². The van der Waals surface area contributed by atoms with E-state index in [0.717, 1.165) is 34.8 Å². The van der Waals surface area contributed by atoms with E-state index >= 15 is 0 Å². The molecular formula is C29H36N2OS2. The lowest BCUT2D eigenvalue weighted by Crippen LogP contribution is -2.17. The molecule has 0 aliphatic carbocycles. The highest BCUT2D eigenvalue weighted by Crippen LogP contribution is 2.46. The summed E-state index contributed by atoms with van der Waals surface area (Å²) in [4.78, 5) is 3.70. The molecule has 1 aliphatic rings. The van der Waals surface area contributed by atoms with Crippen molar-refractivity contribution in [1.82, 2.24) is 0 Å². The van der Waals surface area contributed by atoms with Gasteiger partial charge in [-0.25, -0.2) is 0 Å². The summed E-state index contributed by atoms with van der Waals surface area (Å²) in [5.41, 5.74) is 6.58. The quantitative estimate of drug-likeness (QED) is 0.192. The zero-order valence-electron chi connectivity index (χ0n) is 21.3. The molecule has 0 radical (unpaired) electrons. The molecule has 34 heavy (non-hydrogen) atoms. The first-order valence-electron chi connectivity index (χ1n) is 11.9. The largest absolute Gasteiger partial charge is 0.507 e. The summed E-state index contributed by atoms with van der Waals surface area (Å²) in [6, 6.07) is 17.5. The Labute approximate surface area is 213 Å². The average Bonchev–Trinajstić information content (AvgIpc) is 2.76. The Kier molecular flexibility index (Phi) is 6.90. The van der Waals surface area contributed by atoms with Crippen LogP contribution in [0.1, 0.15) is 65.2 Å². The predicted molar refractivity (Wildman–Crippen MR) is 150 cm³/mol. The molecule has 3 aromatic carbocycles. The Morgan fingerprint density at radius 2 is 1.44 bits per heavy atom. The second-order valence-electron chi connectivity index (χ2n) is 11.0. The molecule has 5 heteroatoms. The van der Waals surface area contributed by atoms with Crippen molar-refractivity contribution in [2.24, 2.45) is 0 Å². The number of phenolic OH excluding ortho intramolecular Hbond substituents is 1. The van der Waals surface area contributed by atoms with Crippen molar-refractivity contribution in [3.8, 4) is 5.75 Å². The fraction of sp³-hybridized carbons (Fsp3) is 0.379. The number of aromatic hydroxyl groups is 1. The first-order valence-corrected chi connectivity index (χ1v) is 13.7. The number of rotatable bonds is 5. The first kappa shape index (κ1) is 24.9. The van der Waals surface area contributed by atoms with E-state index in [0.29, 0.717) is 5.75 Å². The van der Waals surface area contributed by atoms with E-state index in [4.69, 9.17) is 0 Å². The van der Waals surface area contributed by atoms with Gasteiger partial charge in [0.05, 0.1) is 17.3 Å². The SMILES string of the molecule is CCc1ccc2c(c1)Sc1cc(NCSc3cc(C(C)(C)C)c(O)c(C(C)(C)C)c3)ccc1N2. The molecule has 0 amide bonds. The highest BCUT2D eigenvalue weighted by Gasteiger charge is 2.26. The molecule has 3 nitrogen and oxygen atoms in total. The molecule has 1 aliphatic heterocycles. The van der Waals surface area contributed by atoms with Gasteiger partial charge in [0.2, 0.25) is 0 Å². The van der Waals surface area contributed by atoms with Crippen molar-refractivity contribution in [2.45, 2.75) is 80.4 Å². The second kappa shape index (κ2) is 9.43. The number of hydrogen-bond acceptors (Lipinski definition) is 5. The smallest absolute Gasteiger partial charge is 0.123 e. The van der Waals surface area contributed by atoms with Crippen molar-refractivity contribution < 1.29 is 5.11 Å². The van der Waals surface area contributed by atoms with Crippen LogP contribution in [-0.2, 0) is 17.3 Å². The van der Waals surface area contributed by atoms with Crippen LogP contribution in [0.15, 0.2) is 63.2 Å². The number of thioether (sulfide) groups is 1. The third kappa shape index (κ3) is 5.36. The molecule has 0 aromatic heterocycles. The van der Waals surface area contributed by atoms with E-state index in [1.165, 1.54) is 25.9 Å². The summed E-state index contributed by atoms with van der Waals surface area (Å²) in [7, 11) is 0. The number of hydrogen-bond donors (Lipinski definition) is 3. The monoisotopic (exact) mass is 492 g/mol. The molecule has 3 aromatic rings. The highest BCUT2D eigenvalue weighted by molar-refractivity contribution is 8.00. The summed E-state index contributed by atoms with van der Waals surface area (Å²) >= 11 is 3.60. The van der Waals surface area contributed by atoms with Crippen molar-refractivity contribution >= 4 is 40.6 Å². The van der Waals surface area contributed by atoms with Gasteiger partial charge in [0, 0.05) is 31.5 Å². The van der Waals surface area contributed by atoms with E-state index in [9.17, 15) is 5.11 Å². The molecular weight excluding hydrogens is 456 g/mol. The molecule has 0 saturated carbocycles. The Bertz CT molecular complexity index is 1170. The van der Waals surface area contributed by atoms with Crippen LogP contribution in [0.25, 0.3) is 0 Å². The lowest BCUT2D eigenvalue weighted by atomic mass is 9.79. The van der Waals surface area contributed by atoms with E-state index in [-0.39, 0.29) is 10.8 Å². The van der Waals surface area contributed by atoms with Gasteiger partial charge in [-0.15, -0.1) is 11.8 Å². The molecule has 1 heterocycles. The fourth-order valence-electron chi connectivity index (χ4n) is 4.10. The third-order valence-corrected chi connectivity index (χ3v) is 8.11. The number of nitrogens with one attached hydrogen (secondary N) is 2. The zero-order valence-corrected chi connectivity index (χ0v) is 22.9. The Balaban J connectivity index is 1.49. The fourth-order valence-corrected chi connectivity index (χ4v) is 5.99. The number of aryl methyl sites for hydroxylation is 1. The van der Waals surface area contributed by atoms with Gasteiger partial charge >= 0.3 is 0 Å². The molecule has 180 valence electrons. The number of anilines is 3. The lowest BCUT2D eigenvalue weighted by molar-refractivity contribution is 0.422. The maximum atomic E-state index is 11.0. The van der Waals surface area contributed by atoms with Gasteiger partial charge < -0.3 is 15.7 Å². The molecule has 3 N–H and O–H groups in total. The Morgan fingerprint density at radius 3 is 2.03 bits per heavy atom. The van der Waals surface area contributed by atoms with Crippen LogP contribution in [-0.4, -0.2) is 11.0 Å². The van der Waals surface area contributed by atoms with Crippen molar-refractivity contribution in [3.63, 3.8) is 0 Å².